The van der Waals surface area contributed by atoms with Crippen molar-refractivity contribution in [2.75, 3.05) is 27.2 Å². The van der Waals surface area contributed by atoms with Gasteiger partial charge in [-0.1, -0.05) is 6.07 Å². The van der Waals surface area contributed by atoms with Gasteiger partial charge in [-0.05, 0) is 56.5 Å². The SMILES string of the molecule is CNCC(=O)NCCc1c(C)cc(C)c(C)c1OC. The van der Waals surface area contributed by atoms with Gasteiger partial charge in [0.05, 0.1) is 13.7 Å². The van der Waals surface area contributed by atoms with Crippen LogP contribution in [-0.2, 0) is 11.2 Å². The van der Waals surface area contributed by atoms with Crippen molar-refractivity contribution >= 4 is 5.91 Å². The van der Waals surface area contributed by atoms with Crippen molar-refractivity contribution in [1.29, 1.82) is 0 Å². The number of ether oxygens (including phenoxy) is 1. The molecule has 19 heavy (non-hydrogen) atoms. The molecule has 4 nitrogen and oxygen atoms in total. The molecule has 1 aromatic carbocycles. The normalized spacial score (nSPS) is 10.4. The van der Waals surface area contributed by atoms with Crippen molar-refractivity contribution in [3.05, 3.63) is 28.3 Å². The van der Waals surface area contributed by atoms with Crippen LogP contribution in [0.2, 0.25) is 0 Å². The summed E-state index contributed by atoms with van der Waals surface area (Å²) in [6, 6.07) is 2.17. The first-order chi connectivity index (χ1) is 9.01. The molecule has 0 heterocycles. The van der Waals surface area contributed by atoms with Gasteiger partial charge in [-0.15, -0.1) is 0 Å². The molecule has 4 heteroatoms. The Hall–Kier alpha value is -1.55. The summed E-state index contributed by atoms with van der Waals surface area (Å²) >= 11 is 0. The van der Waals surface area contributed by atoms with Crippen molar-refractivity contribution < 1.29 is 9.53 Å². The van der Waals surface area contributed by atoms with Crippen LogP contribution in [0.3, 0.4) is 0 Å². The Morgan fingerprint density at radius 3 is 2.53 bits per heavy atom. The first kappa shape index (κ1) is 15.5. The molecule has 0 saturated carbocycles. The van der Waals surface area contributed by atoms with Gasteiger partial charge < -0.3 is 15.4 Å². The average Bonchev–Trinajstić information content (AvgIpc) is 2.36. The molecular weight excluding hydrogens is 240 g/mol. The Balaban J connectivity index is 2.78. The van der Waals surface area contributed by atoms with Gasteiger partial charge in [0, 0.05) is 6.54 Å². The molecule has 0 unspecified atom stereocenters. The highest BCUT2D eigenvalue weighted by Gasteiger charge is 2.12. The van der Waals surface area contributed by atoms with E-state index in [2.05, 4.69) is 37.5 Å². The molecule has 0 aliphatic heterocycles. The largest absolute Gasteiger partial charge is 0.496 e. The first-order valence-corrected chi connectivity index (χ1v) is 6.56. The molecule has 1 aromatic rings. The highest BCUT2D eigenvalue weighted by Crippen LogP contribution is 2.29. The third-order valence-electron chi connectivity index (χ3n) is 3.35. The van der Waals surface area contributed by atoms with Crippen molar-refractivity contribution in [2.24, 2.45) is 0 Å². The lowest BCUT2D eigenvalue weighted by molar-refractivity contribution is -0.120. The molecule has 106 valence electrons. The number of nitrogens with one attached hydrogen (secondary N) is 2. The maximum absolute atomic E-state index is 11.4. The summed E-state index contributed by atoms with van der Waals surface area (Å²) in [6.45, 7) is 7.21. The Morgan fingerprint density at radius 1 is 1.26 bits per heavy atom. The lowest BCUT2D eigenvalue weighted by Gasteiger charge is -2.17. The fourth-order valence-electron chi connectivity index (χ4n) is 2.24. The molecule has 0 bridgehead atoms. The first-order valence-electron chi connectivity index (χ1n) is 6.56. The number of carbonyl (C=O) groups is 1. The van der Waals surface area contributed by atoms with Crippen LogP contribution in [0.15, 0.2) is 6.07 Å². The summed E-state index contributed by atoms with van der Waals surface area (Å²) in [5.41, 5.74) is 4.79. The Kier molecular flexibility index (Phi) is 5.83. The second-order valence-electron chi connectivity index (χ2n) is 4.78. The summed E-state index contributed by atoms with van der Waals surface area (Å²) in [5.74, 6) is 0.961. The van der Waals surface area contributed by atoms with Crippen molar-refractivity contribution in [3.8, 4) is 5.75 Å². The number of aryl methyl sites for hydroxylation is 2. The minimum absolute atomic E-state index is 0.0166. The molecule has 0 aromatic heterocycles. The second kappa shape index (κ2) is 7.14. The fourth-order valence-corrected chi connectivity index (χ4v) is 2.24. The quantitative estimate of drug-likeness (QED) is 0.818. The lowest BCUT2D eigenvalue weighted by Crippen LogP contribution is -2.33. The minimum atomic E-state index is 0.0166. The van der Waals surface area contributed by atoms with E-state index in [1.165, 1.54) is 22.3 Å². The summed E-state index contributed by atoms with van der Waals surface area (Å²) in [6.07, 6.45) is 0.783. The van der Waals surface area contributed by atoms with Gasteiger partial charge in [-0.25, -0.2) is 0 Å². The molecule has 0 aliphatic rings. The van der Waals surface area contributed by atoms with Crippen molar-refractivity contribution in [3.63, 3.8) is 0 Å². The fraction of sp³-hybridized carbons (Fsp3) is 0.533. The summed E-state index contributed by atoms with van der Waals surface area (Å²) in [4.78, 5) is 11.4. The number of rotatable bonds is 6. The summed E-state index contributed by atoms with van der Waals surface area (Å²) < 4.78 is 5.52. The number of amides is 1. The van der Waals surface area contributed by atoms with E-state index in [9.17, 15) is 4.79 Å². The highest BCUT2D eigenvalue weighted by atomic mass is 16.5. The molecular formula is C15H24N2O2. The average molecular weight is 264 g/mol. The van der Waals surface area contributed by atoms with Crippen LogP contribution in [0.1, 0.15) is 22.3 Å². The van der Waals surface area contributed by atoms with E-state index in [1.54, 1.807) is 14.2 Å². The molecule has 0 radical (unpaired) electrons. The molecule has 2 N–H and O–H groups in total. The zero-order valence-corrected chi connectivity index (χ0v) is 12.5. The molecule has 0 fully saturated rings. The van der Waals surface area contributed by atoms with Gasteiger partial charge in [0.15, 0.2) is 0 Å². The number of carbonyl (C=O) groups excluding carboxylic acids is 1. The van der Waals surface area contributed by atoms with Crippen LogP contribution in [-0.4, -0.2) is 33.2 Å². The van der Waals surface area contributed by atoms with E-state index in [-0.39, 0.29) is 5.91 Å². The molecule has 0 aliphatic carbocycles. The van der Waals surface area contributed by atoms with E-state index < -0.39 is 0 Å². The smallest absolute Gasteiger partial charge is 0.233 e. The van der Waals surface area contributed by atoms with Gasteiger partial charge in [-0.2, -0.15) is 0 Å². The predicted molar refractivity (Wildman–Crippen MR) is 77.8 cm³/mol. The summed E-state index contributed by atoms with van der Waals surface area (Å²) in [7, 11) is 3.46. The molecule has 0 atom stereocenters. The van der Waals surface area contributed by atoms with E-state index >= 15 is 0 Å². The highest BCUT2D eigenvalue weighted by molar-refractivity contribution is 5.77. The number of benzene rings is 1. The maximum Gasteiger partial charge on any atom is 0.233 e. The van der Waals surface area contributed by atoms with E-state index in [0.717, 1.165) is 12.2 Å². The van der Waals surface area contributed by atoms with Crippen LogP contribution in [0.4, 0.5) is 0 Å². The van der Waals surface area contributed by atoms with Gasteiger partial charge in [0.25, 0.3) is 0 Å². The van der Waals surface area contributed by atoms with Crippen LogP contribution in [0.25, 0.3) is 0 Å². The monoisotopic (exact) mass is 264 g/mol. The Labute approximate surface area is 115 Å². The number of methoxy groups -OCH3 is 1. The third-order valence-corrected chi connectivity index (χ3v) is 3.35. The molecule has 0 spiro atoms. The second-order valence-corrected chi connectivity index (χ2v) is 4.78. The number of likely N-dealkylation sites (N-methyl/N-ethyl adjacent to an activating group) is 1. The Bertz CT molecular complexity index is 456. The lowest BCUT2D eigenvalue weighted by atomic mass is 9.97. The summed E-state index contributed by atoms with van der Waals surface area (Å²) in [5, 5.41) is 5.72. The minimum Gasteiger partial charge on any atom is -0.496 e. The topological polar surface area (TPSA) is 50.4 Å². The van der Waals surface area contributed by atoms with Crippen molar-refractivity contribution in [2.45, 2.75) is 27.2 Å². The molecule has 0 saturated heterocycles. The van der Waals surface area contributed by atoms with E-state index in [0.29, 0.717) is 13.1 Å². The van der Waals surface area contributed by atoms with Crippen molar-refractivity contribution in [1.82, 2.24) is 10.6 Å². The van der Waals surface area contributed by atoms with E-state index in [4.69, 9.17) is 4.74 Å². The number of hydrogen-bond donors (Lipinski definition) is 2. The van der Waals surface area contributed by atoms with Gasteiger partial charge in [-0.3, -0.25) is 4.79 Å². The van der Waals surface area contributed by atoms with Gasteiger partial charge >= 0.3 is 0 Å². The number of hydrogen-bond acceptors (Lipinski definition) is 3. The Morgan fingerprint density at radius 2 is 1.95 bits per heavy atom. The van der Waals surface area contributed by atoms with Gasteiger partial charge in [0.1, 0.15) is 5.75 Å². The standard InChI is InChI=1S/C15H24N2O2/c1-10-8-11(2)13(15(19-5)12(10)3)6-7-17-14(18)9-16-4/h8,16H,6-7,9H2,1-5H3,(H,17,18). The molecule has 1 rings (SSSR count). The van der Waals surface area contributed by atoms with E-state index in [1.807, 2.05) is 0 Å². The maximum atomic E-state index is 11.4. The predicted octanol–water partition coefficient (Wildman–Crippen LogP) is 1.50. The van der Waals surface area contributed by atoms with Gasteiger partial charge in [0.2, 0.25) is 5.91 Å². The van der Waals surface area contributed by atoms with Crippen LogP contribution in [0.5, 0.6) is 5.75 Å². The van der Waals surface area contributed by atoms with Crippen LogP contribution in [0, 0.1) is 20.8 Å². The van der Waals surface area contributed by atoms with Crippen LogP contribution < -0.4 is 15.4 Å². The molecule has 1 amide bonds. The zero-order valence-electron chi connectivity index (χ0n) is 12.5. The van der Waals surface area contributed by atoms with Crippen LogP contribution >= 0.6 is 0 Å². The third kappa shape index (κ3) is 3.96. The zero-order chi connectivity index (χ0) is 14.4.